The first kappa shape index (κ1) is 40.6. The van der Waals surface area contributed by atoms with Crippen LogP contribution in [0.1, 0.15) is 11.1 Å². The van der Waals surface area contributed by atoms with Crippen LogP contribution in [0.2, 0.25) is 0 Å². The molecule has 10 nitrogen and oxygen atoms in total. The molecular weight excluding hydrogens is 869 g/mol. The Morgan fingerprint density at radius 3 is 0.800 bits per heavy atom. The highest BCUT2D eigenvalue weighted by molar-refractivity contribution is 6.16. The fraction of sp³-hybridized carbons (Fsp3) is 0.0667. The summed E-state index contributed by atoms with van der Waals surface area (Å²) in [5, 5.41) is 32.5. The first-order chi connectivity index (χ1) is 34.5. The van der Waals surface area contributed by atoms with E-state index in [1.165, 1.54) is 0 Å². The van der Waals surface area contributed by atoms with E-state index >= 15 is 0 Å². The van der Waals surface area contributed by atoms with Crippen molar-refractivity contribution in [1.82, 2.24) is 18.3 Å². The summed E-state index contributed by atoms with van der Waals surface area (Å²) in [4.78, 5) is 0. The van der Waals surface area contributed by atoms with Gasteiger partial charge in [-0.25, -0.2) is 0 Å². The molecule has 4 heterocycles. The van der Waals surface area contributed by atoms with Gasteiger partial charge in [-0.2, -0.15) is 10.5 Å². The molecule has 0 aliphatic heterocycles. The maximum absolute atomic E-state index is 12.4. The quantitative estimate of drug-likeness (QED) is 0.150. The number of fused-ring (bicyclic) bond motifs is 12. The number of rotatable bonds is 8. The highest BCUT2D eigenvalue weighted by Crippen LogP contribution is 2.49. The van der Waals surface area contributed by atoms with Crippen LogP contribution >= 0.6 is 0 Å². The summed E-state index contributed by atoms with van der Waals surface area (Å²) < 4.78 is 32.5. The number of aromatic nitrogens is 4. The van der Waals surface area contributed by atoms with Crippen molar-refractivity contribution in [2.75, 3.05) is 28.4 Å². The summed E-state index contributed by atoms with van der Waals surface area (Å²) in [6, 6.07) is 62.8. The molecule has 0 aliphatic rings. The molecule has 0 fully saturated rings. The standard InChI is InChI=1S/C60H40N6O4/c1-67-35-21-25-43-39-13-5-9-17-49(39)63(53(43)29-35)57-47(33-61)58(64-50-18-10-6-14-40(50)44-26-22-36(68-2)30-54(44)64)60(66-52-20-12-8-16-42(52)46-28-24-38(70-4)32-56(46)66)59(48(57)34-62)65-51-19-11-7-15-41(51)45-27-23-37(69-3)31-55(45)65/h5-32H,1-4H3. The van der Waals surface area contributed by atoms with Crippen molar-refractivity contribution in [3.63, 3.8) is 0 Å². The van der Waals surface area contributed by atoms with Gasteiger partial charge in [0.15, 0.2) is 0 Å². The van der Waals surface area contributed by atoms with E-state index in [-0.39, 0.29) is 11.1 Å². The maximum Gasteiger partial charge on any atom is 0.120 e. The van der Waals surface area contributed by atoms with E-state index in [9.17, 15) is 10.5 Å². The second-order valence-electron chi connectivity index (χ2n) is 17.3. The van der Waals surface area contributed by atoms with E-state index in [1.54, 1.807) is 28.4 Å². The lowest BCUT2D eigenvalue weighted by Gasteiger charge is -2.27. The van der Waals surface area contributed by atoms with Gasteiger partial charge in [0.2, 0.25) is 0 Å². The van der Waals surface area contributed by atoms with Gasteiger partial charge in [-0.15, -0.1) is 0 Å². The van der Waals surface area contributed by atoms with E-state index in [4.69, 9.17) is 18.9 Å². The Bertz CT molecular complexity index is 4300. The Labute approximate surface area is 400 Å². The summed E-state index contributed by atoms with van der Waals surface area (Å²) in [6.07, 6.45) is 0. The maximum atomic E-state index is 12.4. The van der Waals surface area contributed by atoms with Crippen LogP contribution in [0.25, 0.3) is 110 Å². The predicted octanol–water partition coefficient (Wildman–Crippen LogP) is 13.9. The van der Waals surface area contributed by atoms with Gasteiger partial charge in [-0.1, -0.05) is 72.8 Å². The second-order valence-corrected chi connectivity index (χ2v) is 17.3. The number of methoxy groups -OCH3 is 4. The normalized spacial score (nSPS) is 11.7. The number of benzene rings is 9. The first-order valence-corrected chi connectivity index (χ1v) is 22.8. The zero-order valence-corrected chi connectivity index (χ0v) is 38.5. The molecule has 0 atom stereocenters. The molecule has 0 unspecified atom stereocenters. The van der Waals surface area contributed by atoms with Gasteiger partial charge in [0, 0.05) is 67.4 Å². The van der Waals surface area contributed by atoms with Crippen LogP contribution in [0, 0.1) is 22.7 Å². The van der Waals surface area contributed by atoms with E-state index in [2.05, 4.69) is 91.1 Å². The van der Waals surface area contributed by atoms with Gasteiger partial charge < -0.3 is 37.2 Å². The van der Waals surface area contributed by atoms with Crippen LogP contribution in [-0.4, -0.2) is 46.7 Å². The fourth-order valence-corrected chi connectivity index (χ4v) is 11.1. The Kier molecular flexibility index (Phi) is 8.97. The molecule has 0 radical (unpaired) electrons. The van der Waals surface area contributed by atoms with Crippen molar-refractivity contribution in [3.05, 3.63) is 181 Å². The molecule has 0 bridgehead atoms. The summed E-state index contributed by atoms with van der Waals surface area (Å²) in [7, 11) is 6.64. The van der Waals surface area contributed by atoms with Gasteiger partial charge in [0.05, 0.1) is 95.3 Å². The molecule has 10 heteroatoms. The number of nitrogens with zero attached hydrogens (tertiary/aromatic N) is 6. The molecule has 0 amide bonds. The molecule has 13 rings (SSSR count). The van der Waals surface area contributed by atoms with Crippen LogP contribution in [0.4, 0.5) is 0 Å². The van der Waals surface area contributed by atoms with Crippen molar-refractivity contribution in [1.29, 1.82) is 10.5 Å². The van der Waals surface area contributed by atoms with Gasteiger partial charge in [-0.3, -0.25) is 0 Å². The second kappa shape index (κ2) is 15.5. The summed E-state index contributed by atoms with van der Waals surface area (Å²) in [5.41, 5.74) is 9.30. The number of ether oxygens (including phenoxy) is 4. The molecule has 0 aliphatic carbocycles. The third kappa shape index (κ3) is 5.53. The van der Waals surface area contributed by atoms with Gasteiger partial charge in [0.25, 0.3) is 0 Å². The number of para-hydroxylation sites is 4. The Hall–Kier alpha value is -9.64. The molecular formula is C60H40N6O4. The van der Waals surface area contributed by atoms with Crippen LogP contribution in [0.3, 0.4) is 0 Å². The lowest BCUT2D eigenvalue weighted by molar-refractivity contribution is 0.415. The monoisotopic (exact) mass is 908 g/mol. The Morgan fingerprint density at radius 1 is 0.286 bits per heavy atom. The summed E-state index contributed by atoms with van der Waals surface area (Å²) in [6.45, 7) is 0. The molecule has 9 aromatic carbocycles. The lowest BCUT2D eigenvalue weighted by Crippen LogP contribution is -2.17. The van der Waals surface area contributed by atoms with Crippen molar-refractivity contribution in [3.8, 4) is 57.9 Å². The molecule has 70 heavy (non-hydrogen) atoms. The highest BCUT2D eigenvalue weighted by atomic mass is 16.5. The van der Waals surface area contributed by atoms with Crippen LogP contribution < -0.4 is 18.9 Å². The molecule has 0 saturated carbocycles. The molecule has 0 N–H and O–H groups in total. The third-order valence-corrected chi connectivity index (χ3v) is 14.0. The largest absolute Gasteiger partial charge is 0.497 e. The van der Waals surface area contributed by atoms with E-state index < -0.39 is 0 Å². The average Bonchev–Trinajstić information content (AvgIpc) is 4.13. The fourth-order valence-electron chi connectivity index (χ4n) is 11.1. The van der Waals surface area contributed by atoms with Crippen molar-refractivity contribution >= 4 is 87.2 Å². The lowest BCUT2D eigenvalue weighted by atomic mass is 9.98. The topological polar surface area (TPSA) is 104 Å². The molecule has 0 saturated heterocycles. The minimum Gasteiger partial charge on any atom is -0.497 e. The SMILES string of the molecule is COc1ccc2c3ccccc3n(-c3c(C#N)c(-n4c5ccccc5c5ccc(OC)cc54)c(-n4c5ccccc5c5ccc(OC)cc54)c(-n4c5ccccc5c5ccc(OC)cc54)c3C#N)c2c1. The molecule has 0 spiro atoms. The van der Waals surface area contributed by atoms with Crippen molar-refractivity contribution < 1.29 is 18.9 Å². The third-order valence-electron chi connectivity index (χ3n) is 14.0. The summed E-state index contributed by atoms with van der Waals surface area (Å²) >= 11 is 0. The van der Waals surface area contributed by atoms with Gasteiger partial charge >= 0.3 is 0 Å². The number of hydrogen-bond acceptors (Lipinski definition) is 6. The molecule has 4 aromatic heterocycles. The average molecular weight is 909 g/mol. The minimum absolute atomic E-state index is 0.276. The molecule has 334 valence electrons. The van der Waals surface area contributed by atoms with E-state index in [0.29, 0.717) is 45.7 Å². The van der Waals surface area contributed by atoms with Crippen LogP contribution in [0.15, 0.2) is 170 Å². The summed E-state index contributed by atoms with van der Waals surface area (Å²) in [5.74, 6) is 2.58. The van der Waals surface area contributed by atoms with Gasteiger partial charge in [-0.05, 0) is 72.8 Å². The van der Waals surface area contributed by atoms with Gasteiger partial charge in [0.1, 0.15) is 46.3 Å². The highest BCUT2D eigenvalue weighted by Gasteiger charge is 2.35. The Morgan fingerprint density at radius 2 is 0.529 bits per heavy atom. The smallest absolute Gasteiger partial charge is 0.120 e. The van der Waals surface area contributed by atoms with E-state index in [1.807, 2.05) is 109 Å². The molecule has 13 aromatic rings. The number of hydrogen-bond donors (Lipinski definition) is 0. The minimum atomic E-state index is 0.276. The predicted molar refractivity (Wildman–Crippen MR) is 279 cm³/mol. The van der Waals surface area contributed by atoms with Crippen molar-refractivity contribution in [2.45, 2.75) is 0 Å². The van der Waals surface area contributed by atoms with Crippen LogP contribution in [-0.2, 0) is 0 Å². The first-order valence-electron chi connectivity index (χ1n) is 22.8. The zero-order valence-electron chi connectivity index (χ0n) is 38.5. The zero-order chi connectivity index (χ0) is 47.4. The van der Waals surface area contributed by atoms with Crippen LogP contribution in [0.5, 0.6) is 23.0 Å². The van der Waals surface area contributed by atoms with E-state index in [0.717, 1.165) is 87.2 Å². The Balaban J connectivity index is 1.40. The van der Waals surface area contributed by atoms with Crippen molar-refractivity contribution in [2.24, 2.45) is 0 Å². The number of nitriles is 2.